The molecule has 0 aromatic heterocycles. The third-order valence-electron chi connectivity index (χ3n) is 6.92. The van der Waals surface area contributed by atoms with Gasteiger partial charge in [-0.2, -0.15) is 0 Å². The molecule has 0 aliphatic heterocycles. The Hall–Kier alpha value is -3.07. The summed E-state index contributed by atoms with van der Waals surface area (Å²) in [7, 11) is -3.85. The Kier molecular flexibility index (Phi) is 11.2. The van der Waals surface area contributed by atoms with Crippen molar-refractivity contribution in [3.05, 3.63) is 99.0 Å². The molecule has 0 heterocycles. The highest BCUT2D eigenvalue weighted by molar-refractivity contribution is 7.92. The molecular weight excluding hydrogens is 581 g/mol. The Bertz CT molecular complexity index is 1480. The van der Waals surface area contributed by atoms with E-state index in [1.165, 1.54) is 4.90 Å². The fourth-order valence-corrected chi connectivity index (χ4v) is 5.63. The fourth-order valence-electron chi connectivity index (χ4n) is 4.41. The van der Waals surface area contributed by atoms with Crippen molar-refractivity contribution in [3.63, 3.8) is 0 Å². The Balaban J connectivity index is 2.11. The number of aryl methyl sites for hydroxylation is 2. The Morgan fingerprint density at radius 1 is 0.927 bits per heavy atom. The normalized spacial score (nSPS) is 12.9. The molecule has 2 amide bonds. The summed E-state index contributed by atoms with van der Waals surface area (Å²) >= 11 is 12.4. The zero-order chi connectivity index (χ0) is 30.3. The summed E-state index contributed by atoms with van der Waals surface area (Å²) in [6, 6.07) is 18.8. The maximum Gasteiger partial charge on any atom is 0.244 e. The number of amides is 2. The van der Waals surface area contributed by atoms with E-state index in [-0.39, 0.29) is 24.9 Å². The lowest BCUT2D eigenvalue weighted by atomic mass is 10.0. The second-order valence-electron chi connectivity index (χ2n) is 10.4. The van der Waals surface area contributed by atoms with Gasteiger partial charge in [-0.05, 0) is 67.6 Å². The van der Waals surface area contributed by atoms with E-state index in [0.29, 0.717) is 33.3 Å². The highest BCUT2D eigenvalue weighted by Gasteiger charge is 2.33. The minimum absolute atomic E-state index is 0.0194. The topological polar surface area (TPSA) is 86.8 Å². The molecule has 0 saturated carbocycles. The first-order valence-corrected chi connectivity index (χ1v) is 16.0. The highest BCUT2D eigenvalue weighted by atomic mass is 35.5. The van der Waals surface area contributed by atoms with Crippen LogP contribution in [0.25, 0.3) is 0 Å². The van der Waals surface area contributed by atoms with Gasteiger partial charge in [-0.25, -0.2) is 8.42 Å². The Labute approximate surface area is 253 Å². The van der Waals surface area contributed by atoms with Gasteiger partial charge in [-0.1, -0.05) is 78.7 Å². The van der Waals surface area contributed by atoms with Gasteiger partial charge in [0.05, 0.1) is 22.0 Å². The van der Waals surface area contributed by atoms with Crippen molar-refractivity contribution in [2.75, 3.05) is 17.1 Å². The number of benzene rings is 3. The molecule has 3 aromatic carbocycles. The summed E-state index contributed by atoms with van der Waals surface area (Å²) < 4.78 is 27.1. The van der Waals surface area contributed by atoms with Gasteiger partial charge in [0.1, 0.15) is 12.6 Å². The lowest BCUT2D eigenvalue weighted by molar-refractivity contribution is -0.140. The molecule has 0 radical (unpaired) electrons. The molecule has 0 fully saturated rings. The van der Waals surface area contributed by atoms with Crippen molar-refractivity contribution in [2.45, 2.75) is 59.2 Å². The molecule has 7 nitrogen and oxygen atoms in total. The first-order valence-electron chi connectivity index (χ1n) is 13.4. The van der Waals surface area contributed by atoms with Crippen LogP contribution in [0.2, 0.25) is 10.0 Å². The van der Waals surface area contributed by atoms with Gasteiger partial charge in [-0.15, -0.1) is 0 Å². The molecule has 3 rings (SSSR count). The van der Waals surface area contributed by atoms with Gasteiger partial charge in [0.25, 0.3) is 0 Å². The van der Waals surface area contributed by atoms with E-state index >= 15 is 0 Å². The molecule has 0 aliphatic rings. The Morgan fingerprint density at radius 2 is 1.61 bits per heavy atom. The largest absolute Gasteiger partial charge is 0.352 e. The molecule has 1 N–H and O–H groups in total. The van der Waals surface area contributed by atoms with Crippen LogP contribution in [0.1, 0.15) is 42.5 Å². The lowest BCUT2D eigenvalue weighted by Crippen LogP contribution is -2.54. The van der Waals surface area contributed by atoms with E-state index in [9.17, 15) is 18.0 Å². The second-order valence-corrected chi connectivity index (χ2v) is 13.1. The number of halogens is 2. The molecule has 3 aromatic rings. The SMILES string of the molecule is CC[C@H](C)NC(=O)[C@@H](Cc1ccccc1)N(Cc1ccc(Cl)c(Cl)c1)C(=O)CN(c1cc(C)ccc1C)S(C)(=O)=O. The molecule has 0 saturated heterocycles. The maximum atomic E-state index is 14.2. The molecule has 0 unspecified atom stereocenters. The van der Waals surface area contributed by atoms with Crippen molar-refractivity contribution in [1.29, 1.82) is 0 Å². The van der Waals surface area contributed by atoms with Gasteiger partial charge in [0.15, 0.2) is 0 Å². The quantitative estimate of drug-likeness (QED) is 0.273. The van der Waals surface area contributed by atoms with Crippen molar-refractivity contribution in [2.24, 2.45) is 0 Å². The molecule has 220 valence electrons. The first-order chi connectivity index (χ1) is 19.3. The van der Waals surface area contributed by atoms with Crippen molar-refractivity contribution in [1.82, 2.24) is 10.2 Å². The molecule has 0 bridgehead atoms. The maximum absolute atomic E-state index is 14.2. The number of anilines is 1. The van der Waals surface area contributed by atoms with Gasteiger partial charge in [-0.3, -0.25) is 13.9 Å². The van der Waals surface area contributed by atoms with Crippen LogP contribution in [-0.2, 0) is 32.6 Å². The third kappa shape index (κ3) is 8.96. The van der Waals surface area contributed by atoms with Crippen LogP contribution in [0, 0.1) is 13.8 Å². The molecule has 2 atom stereocenters. The van der Waals surface area contributed by atoms with E-state index in [1.54, 1.807) is 31.2 Å². The van der Waals surface area contributed by atoms with Crippen LogP contribution in [0.15, 0.2) is 66.7 Å². The average molecular weight is 619 g/mol. The minimum atomic E-state index is -3.85. The van der Waals surface area contributed by atoms with Gasteiger partial charge in [0.2, 0.25) is 21.8 Å². The van der Waals surface area contributed by atoms with E-state index in [0.717, 1.165) is 21.7 Å². The number of hydrogen-bond acceptors (Lipinski definition) is 4. The highest BCUT2D eigenvalue weighted by Crippen LogP contribution is 2.27. The minimum Gasteiger partial charge on any atom is -0.352 e. The molecule has 0 spiro atoms. The number of hydrogen-bond donors (Lipinski definition) is 1. The smallest absolute Gasteiger partial charge is 0.244 e. The Morgan fingerprint density at radius 3 is 2.22 bits per heavy atom. The van der Waals surface area contributed by atoms with Crippen LogP contribution >= 0.6 is 23.2 Å². The number of sulfonamides is 1. The summed E-state index contributed by atoms with van der Waals surface area (Å²) in [6.07, 6.45) is 2.01. The van der Waals surface area contributed by atoms with Crippen LogP contribution in [-0.4, -0.2) is 50.0 Å². The number of nitrogens with one attached hydrogen (secondary N) is 1. The molecule has 41 heavy (non-hydrogen) atoms. The summed E-state index contributed by atoms with van der Waals surface area (Å²) in [4.78, 5) is 29.4. The summed E-state index contributed by atoms with van der Waals surface area (Å²) in [5.41, 5.74) is 3.49. The number of rotatable bonds is 12. The zero-order valence-electron chi connectivity index (χ0n) is 24.0. The second kappa shape index (κ2) is 14.2. The van der Waals surface area contributed by atoms with E-state index in [2.05, 4.69) is 5.32 Å². The van der Waals surface area contributed by atoms with Gasteiger partial charge >= 0.3 is 0 Å². The summed E-state index contributed by atoms with van der Waals surface area (Å²) in [5, 5.41) is 3.69. The van der Waals surface area contributed by atoms with Crippen molar-refractivity contribution in [3.8, 4) is 0 Å². The predicted molar refractivity (Wildman–Crippen MR) is 167 cm³/mol. The number of carbonyl (C=O) groups excluding carboxylic acids is 2. The van der Waals surface area contributed by atoms with Crippen LogP contribution in [0.5, 0.6) is 0 Å². The molecule has 0 aliphatic carbocycles. The van der Waals surface area contributed by atoms with E-state index in [1.807, 2.05) is 63.2 Å². The predicted octanol–water partition coefficient (Wildman–Crippen LogP) is 5.93. The zero-order valence-corrected chi connectivity index (χ0v) is 26.4. The van der Waals surface area contributed by atoms with Crippen molar-refractivity contribution >= 4 is 50.7 Å². The van der Waals surface area contributed by atoms with E-state index < -0.39 is 28.5 Å². The number of carbonyl (C=O) groups is 2. The van der Waals surface area contributed by atoms with Crippen LogP contribution in [0.3, 0.4) is 0 Å². The summed E-state index contributed by atoms with van der Waals surface area (Å²) in [6.45, 7) is 7.05. The third-order valence-corrected chi connectivity index (χ3v) is 8.79. The molecule has 10 heteroatoms. The first kappa shape index (κ1) is 32.4. The average Bonchev–Trinajstić information content (AvgIpc) is 2.92. The van der Waals surface area contributed by atoms with E-state index in [4.69, 9.17) is 23.2 Å². The van der Waals surface area contributed by atoms with Crippen molar-refractivity contribution < 1.29 is 18.0 Å². The van der Waals surface area contributed by atoms with Gasteiger partial charge in [0, 0.05) is 19.0 Å². The fraction of sp³-hybridized carbons (Fsp3) is 0.355. The van der Waals surface area contributed by atoms with Gasteiger partial charge < -0.3 is 10.2 Å². The van der Waals surface area contributed by atoms with Crippen LogP contribution < -0.4 is 9.62 Å². The number of nitrogens with zero attached hydrogens (tertiary/aromatic N) is 2. The standard InChI is InChI=1S/C31H37Cl2N3O4S/c1-6-23(4)34-31(38)29(18-24-10-8-7-9-11-24)35(19-25-14-15-26(32)27(33)17-25)30(37)20-36(41(5,39)40)28-16-21(2)12-13-22(28)3/h7-17,23,29H,6,18-20H2,1-5H3,(H,34,38)/t23-,29+/m0/s1. The monoisotopic (exact) mass is 617 g/mol. The molecular formula is C31H37Cl2N3O4S. The van der Waals surface area contributed by atoms with Crippen LogP contribution in [0.4, 0.5) is 5.69 Å². The summed E-state index contributed by atoms with van der Waals surface area (Å²) in [5.74, 6) is -0.850. The lowest BCUT2D eigenvalue weighted by Gasteiger charge is -2.34.